The number of hydrogen-bond donors (Lipinski definition) is 7. The second-order valence-electron chi connectivity index (χ2n) is 21.2. The highest BCUT2D eigenvalue weighted by atomic mass is 16.7. The molecule has 72 heavy (non-hydrogen) atoms. The molecule has 0 aromatic carbocycles. The van der Waals surface area contributed by atoms with Crippen LogP contribution in [0.2, 0.25) is 0 Å². The highest BCUT2D eigenvalue weighted by Gasteiger charge is 2.47. The van der Waals surface area contributed by atoms with Crippen LogP contribution < -0.4 is 0 Å². The van der Waals surface area contributed by atoms with Gasteiger partial charge in [0.15, 0.2) is 18.7 Å². The molecule has 15 nitrogen and oxygen atoms in total. The van der Waals surface area contributed by atoms with Crippen molar-refractivity contribution in [3.05, 3.63) is 0 Å². The van der Waals surface area contributed by atoms with Crippen LogP contribution in [0.4, 0.5) is 0 Å². The molecule has 0 aliphatic carbocycles. The molecule has 2 aliphatic rings. The molecule has 0 saturated carbocycles. The van der Waals surface area contributed by atoms with Crippen molar-refractivity contribution in [3.63, 3.8) is 0 Å². The molecule has 0 amide bonds. The summed E-state index contributed by atoms with van der Waals surface area (Å²) in [6.45, 7) is 2.65. The number of esters is 2. The van der Waals surface area contributed by atoms with E-state index in [1.807, 2.05) is 0 Å². The number of aliphatic hydroxyl groups is 7. The van der Waals surface area contributed by atoms with Gasteiger partial charge in [-0.3, -0.25) is 9.59 Å². The standard InChI is InChI=1S/C57H108O15/c1-3-5-7-9-11-13-15-17-18-19-20-21-22-23-24-25-26-28-30-32-34-36-38-40-49(60)70-45(42-67-48(59)39-37-35-33-31-29-27-16-14-12-10-8-6-4-2)43-68-56-55(66)53(64)51(62)47(72-56)44-69-57-54(65)52(63)50(61)46(41-58)71-57/h45-47,50-58,61-66H,3-44H2,1-2H3/t45-,46+,47+,50-,51-,52?,53?,54?,55?,56+,57+/m1/s1. The molecule has 2 heterocycles. The maximum Gasteiger partial charge on any atom is 0.306 e. The summed E-state index contributed by atoms with van der Waals surface area (Å²) >= 11 is 0. The van der Waals surface area contributed by atoms with Gasteiger partial charge >= 0.3 is 11.9 Å². The lowest BCUT2D eigenvalue weighted by Gasteiger charge is -2.42. The van der Waals surface area contributed by atoms with Crippen LogP contribution in [0.15, 0.2) is 0 Å². The van der Waals surface area contributed by atoms with Crippen molar-refractivity contribution >= 4 is 11.9 Å². The van der Waals surface area contributed by atoms with E-state index in [0.29, 0.717) is 12.8 Å². The fraction of sp³-hybridized carbons (Fsp3) is 0.965. The summed E-state index contributed by atoms with van der Waals surface area (Å²) in [6, 6.07) is 0. The molecule has 0 aromatic rings. The normalized spacial score (nSPS) is 24.9. The van der Waals surface area contributed by atoms with E-state index in [2.05, 4.69) is 13.8 Å². The summed E-state index contributed by atoms with van der Waals surface area (Å²) < 4.78 is 33.7. The predicted molar refractivity (Wildman–Crippen MR) is 280 cm³/mol. The Kier molecular flexibility index (Phi) is 41.3. The molecular weight excluding hydrogens is 925 g/mol. The molecule has 0 radical (unpaired) electrons. The zero-order valence-corrected chi connectivity index (χ0v) is 45.4. The van der Waals surface area contributed by atoms with Crippen molar-refractivity contribution in [2.75, 3.05) is 26.4 Å². The zero-order chi connectivity index (χ0) is 52.4. The highest BCUT2D eigenvalue weighted by Crippen LogP contribution is 2.27. The minimum Gasteiger partial charge on any atom is -0.462 e. The third-order valence-corrected chi connectivity index (χ3v) is 14.6. The molecule has 15 heteroatoms. The van der Waals surface area contributed by atoms with E-state index in [4.69, 9.17) is 28.4 Å². The first-order chi connectivity index (χ1) is 35.0. The molecule has 4 unspecified atom stereocenters. The third-order valence-electron chi connectivity index (χ3n) is 14.6. The molecule has 0 aromatic heterocycles. The second kappa shape index (κ2) is 44.6. The van der Waals surface area contributed by atoms with Gasteiger partial charge in [0.05, 0.1) is 19.8 Å². The van der Waals surface area contributed by atoms with Crippen LogP contribution in [-0.4, -0.2) is 142 Å². The third kappa shape index (κ3) is 31.5. The number of ether oxygens (including phenoxy) is 6. The van der Waals surface area contributed by atoms with Gasteiger partial charge in [0.25, 0.3) is 0 Å². The molecule has 0 spiro atoms. The topological polar surface area (TPSA) is 231 Å². The molecule has 11 atom stereocenters. The first-order valence-electron chi connectivity index (χ1n) is 29.6. The van der Waals surface area contributed by atoms with Gasteiger partial charge in [0.1, 0.15) is 55.4 Å². The van der Waals surface area contributed by atoms with Crippen LogP contribution >= 0.6 is 0 Å². The van der Waals surface area contributed by atoms with E-state index >= 15 is 0 Å². The molecule has 7 N–H and O–H groups in total. The lowest BCUT2D eigenvalue weighted by atomic mass is 9.98. The number of rotatable bonds is 48. The Morgan fingerprint density at radius 3 is 1.08 bits per heavy atom. The average Bonchev–Trinajstić information content (AvgIpc) is 3.37. The van der Waals surface area contributed by atoms with Crippen LogP contribution in [0.3, 0.4) is 0 Å². The number of carbonyl (C=O) groups excluding carboxylic acids is 2. The van der Waals surface area contributed by atoms with E-state index in [1.54, 1.807) is 0 Å². The van der Waals surface area contributed by atoms with Gasteiger partial charge in [-0.15, -0.1) is 0 Å². The van der Waals surface area contributed by atoms with Crippen LogP contribution in [0.1, 0.15) is 258 Å². The largest absolute Gasteiger partial charge is 0.462 e. The Balaban J connectivity index is 1.71. The van der Waals surface area contributed by atoms with Crippen molar-refractivity contribution in [1.29, 1.82) is 0 Å². The van der Waals surface area contributed by atoms with Gasteiger partial charge in [0.2, 0.25) is 0 Å². The summed E-state index contributed by atoms with van der Waals surface area (Å²) in [6.07, 6.45) is 28.5. The van der Waals surface area contributed by atoms with Crippen LogP contribution in [-0.2, 0) is 38.0 Å². The summed E-state index contributed by atoms with van der Waals surface area (Å²) in [5.74, 6) is -0.905. The molecule has 426 valence electrons. The number of aliphatic hydroxyl groups excluding tert-OH is 7. The molecule has 2 rings (SSSR count). The maximum atomic E-state index is 13.1. The fourth-order valence-corrected chi connectivity index (χ4v) is 9.75. The number of unbranched alkanes of at least 4 members (excludes halogenated alkanes) is 34. The first-order valence-corrected chi connectivity index (χ1v) is 29.6. The van der Waals surface area contributed by atoms with Crippen LogP contribution in [0, 0.1) is 0 Å². The first kappa shape index (κ1) is 66.6. The van der Waals surface area contributed by atoms with E-state index in [9.17, 15) is 45.3 Å². The van der Waals surface area contributed by atoms with E-state index in [1.165, 1.54) is 180 Å². The highest BCUT2D eigenvalue weighted by molar-refractivity contribution is 5.70. The Labute approximate surface area is 436 Å². The van der Waals surface area contributed by atoms with Crippen molar-refractivity contribution in [2.24, 2.45) is 0 Å². The van der Waals surface area contributed by atoms with Crippen molar-refractivity contribution in [1.82, 2.24) is 0 Å². The smallest absolute Gasteiger partial charge is 0.306 e. The molecular formula is C57H108O15. The van der Waals surface area contributed by atoms with Crippen molar-refractivity contribution < 1.29 is 73.8 Å². The lowest BCUT2D eigenvalue weighted by Crippen LogP contribution is -2.61. The Hall–Kier alpha value is -1.50. The summed E-state index contributed by atoms with van der Waals surface area (Å²) in [5.41, 5.74) is 0. The minimum atomic E-state index is -1.76. The van der Waals surface area contributed by atoms with E-state index in [0.717, 1.165) is 38.5 Å². The van der Waals surface area contributed by atoms with Gasteiger partial charge < -0.3 is 64.2 Å². The SMILES string of the molecule is CCCCCCCCCCCCCCCCCCCCCCCCCC(=O)O[C@H](COC(=O)CCCCCCCCCCCCCCC)CO[C@H]1O[C@@H](CO[C@H]2O[C@@H](CO)[C@@H](O)C(O)C2O)[C@@H](O)C(O)C1O. The Morgan fingerprint density at radius 2 is 0.708 bits per heavy atom. The fourth-order valence-electron chi connectivity index (χ4n) is 9.75. The van der Waals surface area contributed by atoms with E-state index < -0.39 is 92.7 Å². The summed E-state index contributed by atoms with van der Waals surface area (Å²) in [5, 5.41) is 72.2. The van der Waals surface area contributed by atoms with Crippen molar-refractivity contribution in [3.8, 4) is 0 Å². The van der Waals surface area contributed by atoms with Crippen LogP contribution in [0.5, 0.6) is 0 Å². The molecule has 2 saturated heterocycles. The van der Waals surface area contributed by atoms with Gasteiger partial charge in [-0.25, -0.2) is 0 Å². The lowest BCUT2D eigenvalue weighted by molar-refractivity contribution is -0.332. The van der Waals surface area contributed by atoms with Crippen LogP contribution in [0.25, 0.3) is 0 Å². The predicted octanol–water partition coefficient (Wildman–Crippen LogP) is 9.95. The zero-order valence-electron chi connectivity index (χ0n) is 45.4. The summed E-state index contributed by atoms with van der Waals surface area (Å²) in [7, 11) is 0. The van der Waals surface area contributed by atoms with E-state index in [-0.39, 0.29) is 26.1 Å². The van der Waals surface area contributed by atoms with Gasteiger partial charge in [-0.1, -0.05) is 232 Å². The molecule has 2 aliphatic heterocycles. The Bertz CT molecular complexity index is 1260. The quantitative estimate of drug-likeness (QED) is 0.0222. The average molecular weight is 1030 g/mol. The van der Waals surface area contributed by atoms with Gasteiger partial charge in [-0.2, -0.15) is 0 Å². The second-order valence-corrected chi connectivity index (χ2v) is 21.2. The maximum absolute atomic E-state index is 13.1. The van der Waals surface area contributed by atoms with Gasteiger partial charge in [0, 0.05) is 12.8 Å². The monoisotopic (exact) mass is 1030 g/mol. The van der Waals surface area contributed by atoms with Gasteiger partial charge in [-0.05, 0) is 12.8 Å². The summed E-state index contributed by atoms with van der Waals surface area (Å²) in [4.78, 5) is 25.9. The minimum absolute atomic E-state index is 0.174. The number of hydrogen-bond acceptors (Lipinski definition) is 15. The Morgan fingerprint density at radius 1 is 0.389 bits per heavy atom. The molecule has 2 fully saturated rings. The molecule has 0 bridgehead atoms. The van der Waals surface area contributed by atoms with Crippen molar-refractivity contribution in [2.45, 2.75) is 325 Å². The number of carbonyl (C=O) groups is 2.